The second-order valence-corrected chi connectivity index (χ2v) is 6.20. The van der Waals surface area contributed by atoms with E-state index in [1.807, 2.05) is 6.92 Å². The molecule has 1 heterocycles. The average molecular weight is 377 g/mol. The third-order valence-electron chi connectivity index (χ3n) is 3.37. The van der Waals surface area contributed by atoms with Crippen molar-refractivity contribution >= 4 is 34.8 Å². The van der Waals surface area contributed by atoms with Crippen molar-refractivity contribution in [3.8, 4) is 0 Å². The first kappa shape index (κ1) is 19.4. The van der Waals surface area contributed by atoms with Crippen molar-refractivity contribution in [1.29, 1.82) is 0 Å². The van der Waals surface area contributed by atoms with Gasteiger partial charge in [0.15, 0.2) is 6.61 Å². The predicted molar refractivity (Wildman–Crippen MR) is 97.4 cm³/mol. The van der Waals surface area contributed by atoms with Crippen LogP contribution in [0.5, 0.6) is 0 Å². The normalized spacial score (nSPS) is 10.2. The number of hydrogen-bond acceptors (Lipinski definition) is 6. The van der Waals surface area contributed by atoms with Gasteiger partial charge in [0.05, 0.1) is 0 Å². The van der Waals surface area contributed by atoms with Crippen LogP contribution < -0.4 is 15.5 Å². The Morgan fingerprint density at radius 1 is 1.27 bits per heavy atom. The molecule has 0 radical (unpaired) electrons. The van der Waals surface area contributed by atoms with Gasteiger partial charge in [0.25, 0.3) is 11.8 Å². The Morgan fingerprint density at radius 2 is 2.04 bits per heavy atom. The van der Waals surface area contributed by atoms with Crippen molar-refractivity contribution in [2.45, 2.75) is 20.4 Å². The molecular weight excluding hydrogens is 358 g/mol. The molecule has 0 bridgehead atoms. The third-order valence-corrected chi connectivity index (χ3v) is 4.25. The summed E-state index contributed by atoms with van der Waals surface area (Å²) in [4.78, 5) is 46.8. The van der Waals surface area contributed by atoms with Crippen LogP contribution in [0.25, 0.3) is 0 Å². The molecule has 138 valence electrons. The van der Waals surface area contributed by atoms with E-state index in [-0.39, 0.29) is 17.3 Å². The number of anilines is 1. The van der Waals surface area contributed by atoms with Crippen LogP contribution in [0.2, 0.25) is 0 Å². The number of carbonyl (C=O) groups is 3. The molecule has 2 aromatic rings. The maximum atomic E-state index is 11.9. The van der Waals surface area contributed by atoms with E-state index in [9.17, 15) is 19.2 Å². The summed E-state index contributed by atoms with van der Waals surface area (Å²) < 4.78 is 6.17. The Bertz CT molecular complexity index is 871. The highest BCUT2D eigenvalue weighted by Gasteiger charge is 2.12. The first-order valence-electron chi connectivity index (χ1n) is 7.89. The Balaban J connectivity index is 1.87. The zero-order valence-electron chi connectivity index (χ0n) is 14.4. The van der Waals surface area contributed by atoms with Crippen LogP contribution in [0.15, 0.2) is 34.4 Å². The molecule has 0 saturated heterocycles. The minimum absolute atomic E-state index is 0.242. The highest BCUT2D eigenvalue weighted by Crippen LogP contribution is 2.10. The molecule has 0 aliphatic heterocycles. The minimum atomic E-state index is -0.681. The van der Waals surface area contributed by atoms with Crippen LogP contribution >= 0.6 is 11.3 Å². The van der Waals surface area contributed by atoms with Crippen LogP contribution in [0.4, 0.5) is 5.69 Å². The summed E-state index contributed by atoms with van der Waals surface area (Å²) in [7, 11) is 0. The zero-order valence-corrected chi connectivity index (χ0v) is 15.2. The maximum absolute atomic E-state index is 11.9. The topological polar surface area (TPSA) is 106 Å². The van der Waals surface area contributed by atoms with Crippen LogP contribution in [0.1, 0.15) is 23.0 Å². The lowest BCUT2D eigenvalue weighted by Gasteiger charge is -2.09. The van der Waals surface area contributed by atoms with Gasteiger partial charge in [-0.2, -0.15) is 0 Å². The molecule has 2 rings (SSSR count). The Labute approximate surface area is 153 Å². The smallest absolute Gasteiger partial charge is 0.326 e. The molecule has 2 amide bonds. The number of aryl methyl sites for hydroxylation is 1. The molecular formula is C17H19N3O5S. The molecule has 9 heteroatoms. The Morgan fingerprint density at radius 3 is 2.69 bits per heavy atom. The Kier molecular flexibility index (Phi) is 6.67. The molecule has 2 N–H and O–H groups in total. The highest BCUT2D eigenvalue weighted by atomic mass is 32.1. The van der Waals surface area contributed by atoms with Gasteiger partial charge in [-0.05, 0) is 32.0 Å². The summed E-state index contributed by atoms with van der Waals surface area (Å²) in [6, 6.07) is 6.41. The highest BCUT2D eigenvalue weighted by molar-refractivity contribution is 7.07. The second-order valence-electron chi connectivity index (χ2n) is 5.38. The van der Waals surface area contributed by atoms with E-state index < -0.39 is 18.5 Å². The van der Waals surface area contributed by atoms with Crippen LogP contribution in [0, 0.1) is 6.92 Å². The largest absolute Gasteiger partial charge is 0.454 e. The van der Waals surface area contributed by atoms with Gasteiger partial charge >= 0.3 is 10.8 Å². The van der Waals surface area contributed by atoms with Crippen molar-refractivity contribution in [3.05, 3.63) is 50.6 Å². The zero-order chi connectivity index (χ0) is 19.1. The first-order chi connectivity index (χ1) is 12.4. The van der Waals surface area contributed by atoms with Crippen LogP contribution in [-0.2, 0) is 20.9 Å². The summed E-state index contributed by atoms with van der Waals surface area (Å²) in [5.41, 5.74) is 1.48. The van der Waals surface area contributed by atoms with Crippen molar-refractivity contribution in [3.63, 3.8) is 0 Å². The number of hydrogen-bond donors (Lipinski definition) is 2. The van der Waals surface area contributed by atoms with E-state index in [1.165, 1.54) is 10.6 Å². The molecule has 8 nitrogen and oxygen atoms in total. The second kappa shape index (κ2) is 8.95. The average Bonchev–Trinajstić information content (AvgIpc) is 2.92. The molecule has 0 spiro atoms. The number of aromatic nitrogens is 1. The van der Waals surface area contributed by atoms with E-state index in [1.54, 1.807) is 30.5 Å². The van der Waals surface area contributed by atoms with Crippen LogP contribution in [-0.4, -0.2) is 35.5 Å². The number of benzene rings is 1. The molecule has 26 heavy (non-hydrogen) atoms. The van der Waals surface area contributed by atoms with E-state index in [2.05, 4.69) is 10.6 Å². The summed E-state index contributed by atoms with van der Waals surface area (Å²) in [5, 5.41) is 6.86. The van der Waals surface area contributed by atoms with E-state index >= 15 is 0 Å². The van der Waals surface area contributed by atoms with Gasteiger partial charge in [-0.25, -0.2) is 0 Å². The number of thiazole rings is 1. The fourth-order valence-electron chi connectivity index (χ4n) is 2.11. The number of esters is 1. The minimum Gasteiger partial charge on any atom is -0.454 e. The quantitative estimate of drug-likeness (QED) is 0.704. The predicted octanol–water partition coefficient (Wildman–Crippen LogP) is 1.15. The molecule has 0 atom stereocenters. The number of nitrogens with zero attached hydrogens (tertiary/aromatic N) is 1. The maximum Gasteiger partial charge on any atom is 0.326 e. The van der Waals surface area contributed by atoms with Gasteiger partial charge in [-0.15, -0.1) is 0 Å². The van der Waals surface area contributed by atoms with Crippen molar-refractivity contribution < 1.29 is 19.1 Å². The summed E-state index contributed by atoms with van der Waals surface area (Å²) >= 11 is 0.994. The summed E-state index contributed by atoms with van der Waals surface area (Å²) in [6.07, 6.45) is 0. The fourth-order valence-corrected chi connectivity index (χ4v) is 2.85. The van der Waals surface area contributed by atoms with Crippen LogP contribution in [0.3, 0.4) is 0 Å². The number of rotatable bonds is 7. The fraction of sp³-hybridized carbons (Fsp3) is 0.294. The van der Waals surface area contributed by atoms with Gasteiger partial charge in [0, 0.05) is 28.9 Å². The van der Waals surface area contributed by atoms with Gasteiger partial charge in [-0.1, -0.05) is 17.4 Å². The Hall–Kier alpha value is -2.94. The molecule has 0 unspecified atom stereocenters. The summed E-state index contributed by atoms with van der Waals surface area (Å²) in [6.45, 7) is 3.29. The molecule has 0 fully saturated rings. The van der Waals surface area contributed by atoms with Crippen molar-refractivity contribution in [2.24, 2.45) is 0 Å². The number of nitrogens with one attached hydrogen (secondary N) is 2. The number of carbonyl (C=O) groups excluding carboxylic acids is 3. The molecule has 1 aromatic heterocycles. The van der Waals surface area contributed by atoms with Gasteiger partial charge in [-0.3, -0.25) is 23.7 Å². The van der Waals surface area contributed by atoms with E-state index in [4.69, 9.17) is 4.74 Å². The standard InChI is InChI=1S/C17H19N3O5S/c1-3-18-16(23)12-5-4-6-13(7-12)19-14(21)9-25-15(22)8-20-11(2)10-26-17(20)24/h4-7,10H,3,8-9H2,1-2H3,(H,18,23)(H,19,21). The molecule has 0 saturated carbocycles. The van der Waals surface area contributed by atoms with Gasteiger partial charge < -0.3 is 15.4 Å². The molecule has 0 aliphatic rings. The number of amides is 2. The first-order valence-corrected chi connectivity index (χ1v) is 8.77. The lowest BCUT2D eigenvalue weighted by atomic mass is 10.2. The lowest BCUT2D eigenvalue weighted by molar-refractivity contribution is -0.147. The molecule has 1 aromatic carbocycles. The van der Waals surface area contributed by atoms with E-state index in [0.29, 0.717) is 23.5 Å². The van der Waals surface area contributed by atoms with Crippen molar-refractivity contribution in [2.75, 3.05) is 18.5 Å². The van der Waals surface area contributed by atoms with Gasteiger partial charge in [0.2, 0.25) is 0 Å². The van der Waals surface area contributed by atoms with Crippen molar-refractivity contribution in [1.82, 2.24) is 9.88 Å². The molecule has 0 aliphatic carbocycles. The van der Waals surface area contributed by atoms with E-state index in [0.717, 1.165) is 11.3 Å². The number of ether oxygens (including phenoxy) is 1. The summed E-state index contributed by atoms with van der Waals surface area (Å²) in [5.74, 6) is -1.47. The van der Waals surface area contributed by atoms with Gasteiger partial charge in [0.1, 0.15) is 6.54 Å². The lowest BCUT2D eigenvalue weighted by Crippen LogP contribution is -2.26. The SMILES string of the molecule is CCNC(=O)c1cccc(NC(=O)COC(=O)Cn2c(C)csc2=O)c1. The monoisotopic (exact) mass is 377 g/mol. The third kappa shape index (κ3) is 5.28.